The number of ether oxygens (including phenoxy) is 1. The van der Waals surface area contributed by atoms with Gasteiger partial charge in [-0.1, -0.05) is 5.16 Å². The largest absolute Gasteiger partial charge is 0.455 e. The van der Waals surface area contributed by atoms with Gasteiger partial charge >= 0.3 is 5.97 Å². The number of carbonyl (C=O) groups is 1. The van der Waals surface area contributed by atoms with Crippen LogP contribution in [0.3, 0.4) is 0 Å². The van der Waals surface area contributed by atoms with Crippen LogP contribution in [0.5, 0.6) is 0 Å². The van der Waals surface area contributed by atoms with Crippen LogP contribution in [0.15, 0.2) is 44.4 Å². The van der Waals surface area contributed by atoms with Crippen molar-refractivity contribution in [1.29, 1.82) is 0 Å². The molecular formula is C15H10F2N2O3S2. The van der Waals surface area contributed by atoms with Gasteiger partial charge in [0.1, 0.15) is 11.6 Å². The second-order valence-corrected chi connectivity index (χ2v) is 6.35. The Morgan fingerprint density at radius 1 is 1.33 bits per heavy atom. The number of aromatic nitrogens is 2. The molecule has 0 saturated carbocycles. The van der Waals surface area contributed by atoms with Crippen LogP contribution in [0.25, 0.3) is 11.4 Å². The van der Waals surface area contributed by atoms with E-state index in [4.69, 9.17) is 9.26 Å². The number of nitrogens with zero attached hydrogens (tertiary/aromatic N) is 2. The molecule has 9 heteroatoms. The maximum atomic E-state index is 13.4. The van der Waals surface area contributed by atoms with E-state index in [0.29, 0.717) is 5.82 Å². The molecule has 124 valence electrons. The molecule has 0 spiro atoms. The number of hydrogen-bond donors (Lipinski definition) is 0. The van der Waals surface area contributed by atoms with Crippen LogP contribution in [0.1, 0.15) is 5.89 Å². The van der Waals surface area contributed by atoms with Crippen LogP contribution < -0.4 is 0 Å². The van der Waals surface area contributed by atoms with Gasteiger partial charge in [0.25, 0.3) is 5.89 Å². The van der Waals surface area contributed by atoms with E-state index < -0.39 is 17.6 Å². The Kier molecular flexibility index (Phi) is 5.21. The monoisotopic (exact) mass is 368 g/mol. The summed E-state index contributed by atoms with van der Waals surface area (Å²) < 4.78 is 36.4. The van der Waals surface area contributed by atoms with Gasteiger partial charge in [-0.25, -0.2) is 8.78 Å². The molecule has 24 heavy (non-hydrogen) atoms. The number of carbonyl (C=O) groups excluding carboxylic acids is 1. The first-order valence-corrected chi connectivity index (χ1v) is 8.63. The average Bonchev–Trinajstić information content (AvgIpc) is 3.24. The Balaban J connectivity index is 1.50. The normalized spacial score (nSPS) is 10.8. The molecule has 2 aromatic heterocycles. The number of thiophene rings is 1. The van der Waals surface area contributed by atoms with Gasteiger partial charge in [-0.2, -0.15) is 16.3 Å². The summed E-state index contributed by atoms with van der Waals surface area (Å²) in [6.07, 6.45) is 0. The van der Waals surface area contributed by atoms with Gasteiger partial charge in [0.05, 0.1) is 5.75 Å². The fraction of sp³-hybridized carbons (Fsp3) is 0.133. The van der Waals surface area contributed by atoms with E-state index in [-0.39, 0.29) is 23.1 Å². The first-order chi connectivity index (χ1) is 11.6. The SMILES string of the molecule is O=C(CSc1cc(F)ccc1F)OCc1nc(-c2ccsc2)no1. The van der Waals surface area contributed by atoms with Crippen molar-refractivity contribution < 1.29 is 22.8 Å². The molecule has 0 bridgehead atoms. The van der Waals surface area contributed by atoms with E-state index in [2.05, 4.69) is 10.1 Å². The van der Waals surface area contributed by atoms with Crippen molar-refractivity contribution in [3.63, 3.8) is 0 Å². The van der Waals surface area contributed by atoms with Crippen LogP contribution in [-0.2, 0) is 16.1 Å². The molecule has 0 aliphatic heterocycles. The Morgan fingerprint density at radius 2 is 2.21 bits per heavy atom. The molecule has 0 aliphatic carbocycles. The minimum Gasteiger partial charge on any atom is -0.455 e. The second kappa shape index (κ2) is 7.54. The molecule has 5 nitrogen and oxygen atoms in total. The van der Waals surface area contributed by atoms with Crippen LogP contribution in [-0.4, -0.2) is 21.9 Å². The molecule has 0 N–H and O–H groups in total. The summed E-state index contributed by atoms with van der Waals surface area (Å²) in [4.78, 5) is 15.8. The number of esters is 1. The molecule has 0 amide bonds. The molecule has 2 heterocycles. The van der Waals surface area contributed by atoms with E-state index >= 15 is 0 Å². The minimum absolute atomic E-state index is 0.0458. The molecule has 3 aromatic rings. The summed E-state index contributed by atoms with van der Waals surface area (Å²) in [6, 6.07) is 4.89. The summed E-state index contributed by atoms with van der Waals surface area (Å²) in [5.74, 6) is -1.35. The van der Waals surface area contributed by atoms with E-state index in [1.54, 1.807) is 0 Å². The molecule has 0 radical (unpaired) electrons. The van der Waals surface area contributed by atoms with Crippen molar-refractivity contribution in [3.05, 3.63) is 52.6 Å². The van der Waals surface area contributed by atoms with Gasteiger partial charge in [0.15, 0.2) is 6.61 Å². The van der Waals surface area contributed by atoms with Crippen molar-refractivity contribution in [2.24, 2.45) is 0 Å². The van der Waals surface area contributed by atoms with Gasteiger partial charge in [-0.05, 0) is 29.6 Å². The van der Waals surface area contributed by atoms with Crippen molar-refractivity contribution >= 4 is 29.1 Å². The summed E-state index contributed by atoms with van der Waals surface area (Å²) >= 11 is 2.35. The standard InChI is InChI=1S/C15H10F2N2O3S2/c16-10-1-2-11(17)12(5-10)24-8-14(20)21-6-13-18-15(19-22-13)9-3-4-23-7-9/h1-5,7H,6,8H2. The minimum atomic E-state index is -0.598. The van der Waals surface area contributed by atoms with Crippen molar-refractivity contribution in [3.8, 4) is 11.4 Å². The molecular weight excluding hydrogens is 358 g/mol. The fourth-order valence-corrected chi connectivity index (χ4v) is 3.12. The lowest BCUT2D eigenvalue weighted by molar-refractivity contribution is -0.142. The van der Waals surface area contributed by atoms with Gasteiger partial charge in [0, 0.05) is 15.8 Å². The molecule has 0 atom stereocenters. The molecule has 1 aromatic carbocycles. The lowest BCUT2D eigenvalue weighted by Crippen LogP contribution is -2.07. The van der Waals surface area contributed by atoms with E-state index in [9.17, 15) is 13.6 Å². The predicted molar refractivity (Wildman–Crippen MR) is 84.5 cm³/mol. The smallest absolute Gasteiger partial charge is 0.316 e. The van der Waals surface area contributed by atoms with E-state index in [1.165, 1.54) is 11.3 Å². The number of rotatable bonds is 6. The second-order valence-electron chi connectivity index (χ2n) is 4.55. The van der Waals surface area contributed by atoms with Crippen LogP contribution >= 0.6 is 23.1 Å². The lowest BCUT2D eigenvalue weighted by Gasteiger charge is -2.03. The summed E-state index contributed by atoms with van der Waals surface area (Å²) in [7, 11) is 0. The van der Waals surface area contributed by atoms with Gasteiger partial charge in [-0.15, -0.1) is 11.8 Å². The Hall–Kier alpha value is -2.26. The van der Waals surface area contributed by atoms with Crippen molar-refractivity contribution in [2.45, 2.75) is 11.5 Å². The van der Waals surface area contributed by atoms with Gasteiger partial charge in [0.2, 0.25) is 5.82 Å². The van der Waals surface area contributed by atoms with E-state index in [1.807, 2.05) is 16.8 Å². The van der Waals surface area contributed by atoms with Gasteiger partial charge < -0.3 is 9.26 Å². The topological polar surface area (TPSA) is 65.2 Å². The number of thioether (sulfide) groups is 1. The highest BCUT2D eigenvalue weighted by molar-refractivity contribution is 8.00. The third-order valence-electron chi connectivity index (χ3n) is 2.84. The average molecular weight is 368 g/mol. The maximum absolute atomic E-state index is 13.4. The predicted octanol–water partition coefficient (Wildman–Crippen LogP) is 3.91. The summed E-state index contributed by atoms with van der Waals surface area (Å²) in [6.45, 7) is -0.178. The van der Waals surface area contributed by atoms with E-state index in [0.717, 1.165) is 35.5 Å². The number of benzene rings is 1. The van der Waals surface area contributed by atoms with Crippen molar-refractivity contribution in [2.75, 3.05) is 5.75 Å². The van der Waals surface area contributed by atoms with Crippen molar-refractivity contribution in [1.82, 2.24) is 10.1 Å². The van der Waals surface area contributed by atoms with Crippen LogP contribution in [0.4, 0.5) is 8.78 Å². The maximum Gasteiger partial charge on any atom is 0.316 e. The fourth-order valence-electron chi connectivity index (χ4n) is 1.73. The zero-order chi connectivity index (χ0) is 16.9. The third-order valence-corrected chi connectivity index (χ3v) is 4.53. The third kappa shape index (κ3) is 4.18. The lowest BCUT2D eigenvalue weighted by atomic mass is 10.3. The highest BCUT2D eigenvalue weighted by Crippen LogP contribution is 2.23. The number of hydrogen-bond acceptors (Lipinski definition) is 7. The Bertz CT molecular complexity index is 837. The Labute approximate surface area is 143 Å². The summed E-state index contributed by atoms with van der Waals surface area (Å²) in [5, 5.41) is 7.53. The zero-order valence-electron chi connectivity index (χ0n) is 12.1. The van der Waals surface area contributed by atoms with Crippen LogP contribution in [0.2, 0.25) is 0 Å². The quantitative estimate of drug-likeness (QED) is 0.485. The molecule has 0 saturated heterocycles. The summed E-state index contributed by atoms with van der Waals surface area (Å²) in [5.41, 5.74) is 0.818. The highest BCUT2D eigenvalue weighted by atomic mass is 32.2. The molecule has 0 fully saturated rings. The number of halogens is 2. The first kappa shape index (κ1) is 16.6. The molecule has 0 aliphatic rings. The highest BCUT2D eigenvalue weighted by Gasteiger charge is 2.13. The zero-order valence-corrected chi connectivity index (χ0v) is 13.7. The van der Waals surface area contributed by atoms with Crippen LogP contribution in [0, 0.1) is 11.6 Å². The Morgan fingerprint density at radius 3 is 3.00 bits per heavy atom. The van der Waals surface area contributed by atoms with Gasteiger partial charge in [-0.3, -0.25) is 4.79 Å². The first-order valence-electron chi connectivity index (χ1n) is 6.70. The molecule has 3 rings (SSSR count). The molecule has 0 unspecified atom stereocenters.